The summed E-state index contributed by atoms with van der Waals surface area (Å²) in [4.78, 5) is 0. The van der Waals surface area contributed by atoms with Crippen molar-refractivity contribution < 1.29 is 13.2 Å². The zero-order chi connectivity index (χ0) is 14.7. The molecular weight excluding hydrogens is 264 g/mol. The summed E-state index contributed by atoms with van der Waals surface area (Å²) in [5.41, 5.74) is 0.123. The van der Waals surface area contributed by atoms with Crippen molar-refractivity contribution in [1.29, 1.82) is 0 Å². The molecule has 1 fully saturated rings. The number of ether oxygens (including phenoxy) is 1. The van der Waals surface area contributed by atoms with Gasteiger partial charge in [-0.2, -0.15) is 0 Å². The number of sulfonamides is 1. The fourth-order valence-corrected chi connectivity index (χ4v) is 3.35. The first-order valence-corrected chi connectivity index (χ1v) is 8.64. The Labute approximate surface area is 117 Å². The lowest BCUT2D eigenvalue weighted by atomic mass is 9.61. The molecule has 0 radical (unpaired) electrons. The Morgan fingerprint density at radius 3 is 2.47 bits per heavy atom. The highest BCUT2D eigenvalue weighted by molar-refractivity contribution is 7.89. The Morgan fingerprint density at radius 2 is 2.00 bits per heavy atom. The SMILES string of the molecule is CCOC1CC(NCCS(=O)(=O)N(C)C)C1(C)CC. The highest BCUT2D eigenvalue weighted by atomic mass is 32.2. The third-order valence-electron chi connectivity index (χ3n) is 4.42. The average molecular weight is 292 g/mol. The molecule has 0 aromatic rings. The number of nitrogens with one attached hydrogen (secondary N) is 1. The second-order valence-corrected chi connectivity index (χ2v) is 7.95. The van der Waals surface area contributed by atoms with E-state index in [2.05, 4.69) is 19.2 Å². The Balaban J connectivity index is 2.43. The van der Waals surface area contributed by atoms with E-state index in [-0.39, 0.29) is 11.2 Å². The van der Waals surface area contributed by atoms with E-state index in [0.717, 1.165) is 19.4 Å². The first-order chi connectivity index (χ1) is 8.78. The molecule has 114 valence electrons. The first kappa shape index (κ1) is 16.9. The normalized spacial score (nSPS) is 31.5. The number of nitrogens with zero attached hydrogens (tertiary/aromatic N) is 1. The van der Waals surface area contributed by atoms with E-state index in [1.54, 1.807) is 14.1 Å². The predicted octanol–water partition coefficient (Wildman–Crippen LogP) is 1.06. The maximum atomic E-state index is 11.7. The van der Waals surface area contributed by atoms with Crippen molar-refractivity contribution in [2.75, 3.05) is 33.0 Å². The van der Waals surface area contributed by atoms with Crippen molar-refractivity contribution in [3.05, 3.63) is 0 Å². The molecule has 1 aliphatic carbocycles. The second-order valence-electron chi connectivity index (χ2n) is 5.64. The zero-order valence-corrected chi connectivity index (χ0v) is 13.6. The molecule has 5 nitrogen and oxygen atoms in total. The summed E-state index contributed by atoms with van der Waals surface area (Å²) in [6.07, 6.45) is 2.31. The quantitative estimate of drug-likeness (QED) is 0.727. The molecule has 3 unspecified atom stereocenters. The van der Waals surface area contributed by atoms with Crippen LogP contribution in [0.3, 0.4) is 0 Å². The van der Waals surface area contributed by atoms with Gasteiger partial charge in [-0.1, -0.05) is 13.8 Å². The molecule has 0 spiro atoms. The Kier molecular flexibility index (Phi) is 5.79. The summed E-state index contributed by atoms with van der Waals surface area (Å²) >= 11 is 0. The Hall–Kier alpha value is -0.170. The topological polar surface area (TPSA) is 58.6 Å². The summed E-state index contributed by atoms with van der Waals surface area (Å²) in [5, 5.41) is 3.37. The van der Waals surface area contributed by atoms with Gasteiger partial charge >= 0.3 is 0 Å². The number of hydrogen-bond acceptors (Lipinski definition) is 4. The standard InChI is InChI=1S/C13H28N2O3S/c1-6-13(3)11(10-12(13)18-7-2)14-8-9-19(16,17)15(4)5/h11-12,14H,6-10H2,1-5H3. The fourth-order valence-electron chi connectivity index (χ4n) is 2.61. The van der Waals surface area contributed by atoms with E-state index in [9.17, 15) is 8.42 Å². The third kappa shape index (κ3) is 3.68. The maximum Gasteiger partial charge on any atom is 0.214 e. The lowest BCUT2D eigenvalue weighted by Crippen LogP contribution is -2.62. The molecule has 19 heavy (non-hydrogen) atoms. The van der Waals surface area contributed by atoms with Crippen LogP contribution in [0.25, 0.3) is 0 Å². The summed E-state index contributed by atoms with van der Waals surface area (Å²) in [6, 6.07) is 0.353. The van der Waals surface area contributed by atoms with E-state index >= 15 is 0 Å². The zero-order valence-electron chi connectivity index (χ0n) is 12.8. The molecule has 0 aromatic carbocycles. The van der Waals surface area contributed by atoms with Gasteiger partial charge in [0.25, 0.3) is 0 Å². The lowest BCUT2D eigenvalue weighted by molar-refractivity contribution is -0.125. The van der Waals surface area contributed by atoms with Crippen LogP contribution in [0, 0.1) is 5.41 Å². The smallest absolute Gasteiger partial charge is 0.214 e. The highest BCUT2D eigenvalue weighted by Crippen LogP contribution is 2.45. The third-order valence-corrected chi connectivity index (χ3v) is 6.25. The molecule has 0 heterocycles. The van der Waals surface area contributed by atoms with Crippen LogP contribution in [0.5, 0.6) is 0 Å². The van der Waals surface area contributed by atoms with E-state index in [1.807, 2.05) is 6.92 Å². The molecule has 6 heteroatoms. The van der Waals surface area contributed by atoms with Gasteiger partial charge in [0.2, 0.25) is 10.0 Å². The number of hydrogen-bond donors (Lipinski definition) is 1. The molecule has 0 aliphatic heterocycles. The van der Waals surface area contributed by atoms with Crippen molar-refractivity contribution in [2.45, 2.75) is 45.8 Å². The minimum Gasteiger partial charge on any atom is -0.378 e. The average Bonchev–Trinajstić information content (AvgIpc) is 2.35. The van der Waals surface area contributed by atoms with Crippen molar-refractivity contribution in [3.63, 3.8) is 0 Å². The first-order valence-electron chi connectivity index (χ1n) is 7.03. The van der Waals surface area contributed by atoms with Crippen LogP contribution in [0.2, 0.25) is 0 Å². The minimum atomic E-state index is -3.11. The molecule has 0 aromatic heterocycles. The minimum absolute atomic E-state index is 0.123. The van der Waals surface area contributed by atoms with Crippen molar-refractivity contribution in [2.24, 2.45) is 5.41 Å². The van der Waals surface area contributed by atoms with E-state index < -0.39 is 10.0 Å². The van der Waals surface area contributed by atoms with Crippen molar-refractivity contribution >= 4 is 10.0 Å². The molecule has 1 aliphatic rings. The molecule has 1 N–H and O–H groups in total. The van der Waals surface area contributed by atoms with Gasteiger partial charge in [-0.3, -0.25) is 0 Å². The second kappa shape index (κ2) is 6.52. The molecule has 1 saturated carbocycles. The predicted molar refractivity (Wildman–Crippen MR) is 77.7 cm³/mol. The Bertz CT molecular complexity index is 383. The van der Waals surface area contributed by atoms with E-state index in [0.29, 0.717) is 18.7 Å². The monoisotopic (exact) mass is 292 g/mol. The van der Waals surface area contributed by atoms with E-state index in [4.69, 9.17) is 4.74 Å². The maximum absolute atomic E-state index is 11.7. The summed E-state index contributed by atoms with van der Waals surface area (Å²) in [7, 11) is 0.0327. The van der Waals surface area contributed by atoms with E-state index in [1.165, 1.54) is 4.31 Å². The van der Waals surface area contributed by atoms with Crippen molar-refractivity contribution in [3.8, 4) is 0 Å². The highest BCUT2D eigenvalue weighted by Gasteiger charge is 2.50. The summed E-state index contributed by atoms with van der Waals surface area (Å²) < 4.78 is 30.4. The van der Waals surface area contributed by atoms with Gasteiger partial charge in [-0.15, -0.1) is 0 Å². The van der Waals surface area contributed by atoms with Gasteiger partial charge in [0.05, 0.1) is 11.9 Å². The summed E-state index contributed by atoms with van der Waals surface area (Å²) in [5.74, 6) is 0.148. The summed E-state index contributed by atoms with van der Waals surface area (Å²) in [6.45, 7) is 7.63. The fraction of sp³-hybridized carbons (Fsp3) is 1.00. The van der Waals surface area contributed by atoms with Crippen LogP contribution < -0.4 is 5.32 Å². The van der Waals surface area contributed by atoms with Gasteiger partial charge in [-0.05, 0) is 19.8 Å². The molecule has 1 rings (SSSR count). The molecule has 0 amide bonds. The van der Waals surface area contributed by atoms with Crippen LogP contribution >= 0.6 is 0 Å². The van der Waals surface area contributed by atoms with Gasteiger partial charge in [0, 0.05) is 38.7 Å². The molecule has 0 saturated heterocycles. The molecular formula is C13H28N2O3S. The van der Waals surface area contributed by atoms with Crippen LogP contribution in [0.15, 0.2) is 0 Å². The van der Waals surface area contributed by atoms with Gasteiger partial charge in [-0.25, -0.2) is 12.7 Å². The Morgan fingerprint density at radius 1 is 1.37 bits per heavy atom. The van der Waals surface area contributed by atoms with Gasteiger partial charge in [0.1, 0.15) is 0 Å². The van der Waals surface area contributed by atoms with Gasteiger partial charge < -0.3 is 10.1 Å². The molecule has 0 bridgehead atoms. The van der Waals surface area contributed by atoms with Gasteiger partial charge in [0.15, 0.2) is 0 Å². The van der Waals surface area contributed by atoms with Crippen molar-refractivity contribution in [1.82, 2.24) is 9.62 Å². The molecule has 3 atom stereocenters. The van der Waals surface area contributed by atoms with Crippen LogP contribution in [0.1, 0.15) is 33.6 Å². The lowest BCUT2D eigenvalue weighted by Gasteiger charge is -2.53. The number of rotatable bonds is 8. The van der Waals surface area contributed by atoms with Crippen LogP contribution in [0.4, 0.5) is 0 Å². The van der Waals surface area contributed by atoms with Crippen LogP contribution in [-0.4, -0.2) is 57.9 Å². The van der Waals surface area contributed by atoms with Crippen LogP contribution in [-0.2, 0) is 14.8 Å². The largest absolute Gasteiger partial charge is 0.378 e.